The number of halogens is 2. The van der Waals surface area contributed by atoms with Gasteiger partial charge in [0.2, 0.25) is 0 Å². The molecule has 0 fully saturated rings. The minimum Gasteiger partial charge on any atom is -0.293 e. The van der Waals surface area contributed by atoms with Crippen LogP contribution >= 0.6 is 23.2 Å². The van der Waals surface area contributed by atoms with Crippen LogP contribution in [0.25, 0.3) is 0 Å². The summed E-state index contributed by atoms with van der Waals surface area (Å²) in [6.45, 7) is 3.60. The van der Waals surface area contributed by atoms with Gasteiger partial charge in [0, 0.05) is 10.5 Å². The molecule has 0 aromatic heterocycles. The molecule has 2 aromatic carbocycles. The largest absolute Gasteiger partial charge is 0.293 e. The number of aryl methyl sites for hydroxylation is 1. The molecule has 5 heteroatoms. The summed E-state index contributed by atoms with van der Waals surface area (Å²) in [6, 6.07) is 12.0. The van der Waals surface area contributed by atoms with E-state index in [0.717, 1.165) is 5.56 Å². The van der Waals surface area contributed by atoms with Crippen molar-refractivity contribution in [3.8, 4) is 0 Å². The van der Waals surface area contributed by atoms with Crippen LogP contribution in [-0.2, 0) is 10.8 Å². The number of Topliss-reactive ketones (excluding diaryl/α,β-unsaturated/α-hetero) is 1. The van der Waals surface area contributed by atoms with Gasteiger partial charge in [0.1, 0.15) is 0 Å². The predicted octanol–water partition coefficient (Wildman–Crippen LogP) is 4.68. The van der Waals surface area contributed by atoms with Crippen molar-refractivity contribution in [2.24, 2.45) is 0 Å². The lowest BCUT2D eigenvalue weighted by Gasteiger charge is -2.11. The van der Waals surface area contributed by atoms with E-state index in [1.54, 1.807) is 37.3 Å². The van der Waals surface area contributed by atoms with Gasteiger partial charge in [-0.15, -0.1) is 0 Å². The fourth-order valence-electron chi connectivity index (χ4n) is 1.86. The van der Waals surface area contributed by atoms with Crippen molar-refractivity contribution in [2.75, 3.05) is 0 Å². The normalized spacial score (nSPS) is 13.7. The highest BCUT2D eigenvalue weighted by molar-refractivity contribution is 7.86. The number of hydrogen-bond donors (Lipinski definition) is 0. The molecule has 21 heavy (non-hydrogen) atoms. The topological polar surface area (TPSA) is 34.1 Å². The van der Waals surface area contributed by atoms with Gasteiger partial charge < -0.3 is 0 Å². The smallest absolute Gasteiger partial charge is 0.178 e. The first-order valence-electron chi connectivity index (χ1n) is 6.36. The number of ketones is 1. The first-order valence-corrected chi connectivity index (χ1v) is 8.33. The van der Waals surface area contributed by atoms with Gasteiger partial charge in [0.25, 0.3) is 0 Å². The third kappa shape index (κ3) is 3.73. The minimum atomic E-state index is -1.48. The Morgan fingerprint density at radius 3 is 2.24 bits per heavy atom. The van der Waals surface area contributed by atoms with E-state index in [-0.39, 0.29) is 5.78 Å². The van der Waals surface area contributed by atoms with E-state index in [9.17, 15) is 9.00 Å². The monoisotopic (exact) mass is 340 g/mol. The Labute approximate surface area is 136 Å². The second-order valence-electron chi connectivity index (χ2n) is 4.75. The SMILES string of the molecule is Cc1ccc(C(=O)C(C)S(=O)c2ccc(Cl)c(Cl)c2)cc1. The lowest BCUT2D eigenvalue weighted by molar-refractivity contribution is 0.0992. The molecule has 0 aliphatic carbocycles. The van der Waals surface area contributed by atoms with E-state index < -0.39 is 16.0 Å². The van der Waals surface area contributed by atoms with Crippen LogP contribution in [0.3, 0.4) is 0 Å². The number of carbonyl (C=O) groups excluding carboxylic acids is 1. The zero-order chi connectivity index (χ0) is 15.6. The van der Waals surface area contributed by atoms with Crippen molar-refractivity contribution in [3.05, 3.63) is 63.6 Å². The maximum absolute atomic E-state index is 12.5. The Morgan fingerprint density at radius 2 is 1.67 bits per heavy atom. The Bertz CT molecular complexity index is 696. The summed E-state index contributed by atoms with van der Waals surface area (Å²) >= 11 is 11.8. The molecule has 2 aromatic rings. The zero-order valence-electron chi connectivity index (χ0n) is 11.6. The molecule has 0 saturated heterocycles. The van der Waals surface area contributed by atoms with Crippen molar-refractivity contribution in [1.29, 1.82) is 0 Å². The van der Waals surface area contributed by atoms with Crippen molar-refractivity contribution in [3.63, 3.8) is 0 Å². The van der Waals surface area contributed by atoms with Crippen LogP contribution in [0, 0.1) is 6.92 Å². The Hall–Kier alpha value is -1.16. The number of carbonyl (C=O) groups is 1. The maximum Gasteiger partial charge on any atom is 0.178 e. The summed E-state index contributed by atoms with van der Waals surface area (Å²) in [5.41, 5.74) is 1.63. The van der Waals surface area contributed by atoms with Gasteiger partial charge in [0.05, 0.1) is 26.1 Å². The molecule has 0 bridgehead atoms. The van der Waals surface area contributed by atoms with Crippen LogP contribution in [0.4, 0.5) is 0 Å². The molecule has 0 spiro atoms. The molecule has 2 atom stereocenters. The summed E-state index contributed by atoms with van der Waals surface area (Å²) < 4.78 is 12.5. The molecule has 0 radical (unpaired) electrons. The fourth-order valence-corrected chi connectivity index (χ4v) is 3.39. The van der Waals surface area contributed by atoms with Crippen LogP contribution < -0.4 is 0 Å². The van der Waals surface area contributed by atoms with Gasteiger partial charge in [-0.3, -0.25) is 9.00 Å². The van der Waals surface area contributed by atoms with Crippen LogP contribution in [0.2, 0.25) is 10.0 Å². The van der Waals surface area contributed by atoms with Gasteiger partial charge in [-0.1, -0.05) is 53.0 Å². The van der Waals surface area contributed by atoms with E-state index in [1.165, 1.54) is 0 Å². The molecule has 0 amide bonds. The van der Waals surface area contributed by atoms with Gasteiger partial charge >= 0.3 is 0 Å². The number of rotatable bonds is 4. The third-order valence-corrected chi connectivity index (χ3v) is 5.46. The summed E-state index contributed by atoms with van der Waals surface area (Å²) in [7, 11) is -1.48. The van der Waals surface area contributed by atoms with Crippen molar-refractivity contribution in [2.45, 2.75) is 24.0 Å². The molecule has 0 aliphatic heterocycles. The van der Waals surface area contributed by atoms with E-state index in [4.69, 9.17) is 23.2 Å². The van der Waals surface area contributed by atoms with E-state index in [2.05, 4.69) is 0 Å². The van der Waals surface area contributed by atoms with E-state index in [1.807, 2.05) is 19.1 Å². The van der Waals surface area contributed by atoms with E-state index in [0.29, 0.717) is 20.5 Å². The van der Waals surface area contributed by atoms with Crippen LogP contribution in [-0.4, -0.2) is 15.2 Å². The summed E-state index contributed by atoms with van der Waals surface area (Å²) in [5.74, 6) is -0.153. The molecule has 0 saturated carbocycles. The second kappa shape index (κ2) is 6.73. The highest BCUT2D eigenvalue weighted by Crippen LogP contribution is 2.25. The first kappa shape index (κ1) is 16.2. The lowest BCUT2D eigenvalue weighted by Crippen LogP contribution is -2.22. The molecule has 2 nitrogen and oxygen atoms in total. The van der Waals surface area contributed by atoms with Gasteiger partial charge in [-0.2, -0.15) is 0 Å². The lowest BCUT2D eigenvalue weighted by atomic mass is 10.1. The Kier molecular flexibility index (Phi) is 5.20. The van der Waals surface area contributed by atoms with Crippen molar-refractivity contribution in [1.82, 2.24) is 0 Å². The van der Waals surface area contributed by atoms with Gasteiger partial charge in [-0.05, 0) is 32.0 Å². The standard InChI is InChI=1S/C16H14Cl2O2S/c1-10-3-5-12(6-4-10)16(19)11(2)21(20)13-7-8-14(17)15(18)9-13/h3-9,11H,1-2H3. The summed E-state index contributed by atoms with van der Waals surface area (Å²) in [4.78, 5) is 12.9. The zero-order valence-corrected chi connectivity index (χ0v) is 13.9. The molecule has 2 unspecified atom stereocenters. The molecule has 0 N–H and O–H groups in total. The summed E-state index contributed by atoms with van der Waals surface area (Å²) in [5, 5.41) is 0.0809. The second-order valence-corrected chi connectivity index (χ2v) is 7.33. The average molecular weight is 341 g/mol. The molecule has 0 aliphatic rings. The first-order chi connectivity index (χ1) is 9.90. The number of benzene rings is 2. The quantitative estimate of drug-likeness (QED) is 0.757. The number of hydrogen-bond acceptors (Lipinski definition) is 2. The fraction of sp³-hybridized carbons (Fsp3) is 0.188. The molecular weight excluding hydrogens is 327 g/mol. The van der Waals surface area contributed by atoms with Gasteiger partial charge in [-0.25, -0.2) is 0 Å². The third-order valence-electron chi connectivity index (χ3n) is 3.15. The maximum atomic E-state index is 12.5. The van der Waals surface area contributed by atoms with Crippen LogP contribution in [0.15, 0.2) is 47.4 Å². The minimum absolute atomic E-state index is 0.153. The van der Waals surface area contributed by atoms with Crippen LogP contribution in [0.1, 0.15) is 22.8 Å². The van der Waals surface area contributed by atoms with E-state index >= 15 is 0 Å². The molecular formula is C16H14Cl2O2S. The highest BCUT2D eigenvalue weighted by atomic mass is 35.5. The van der Waals surface area contributed by atoms with Crippen LogP contribution in [0.5, 0.6) is 0 Å². The molecule has 2 rings (SSSR count). The van der Waals surface area contributed by atoms with Crippen molar-refractivity contribution >= 4 is 39.8 Å². The van der Waals surface area contributed by atoms with Gasteiger partial charge in [0.15, 0.2) is 5.78 Å². The Balaban J connectivity index is 2.24. The predicted molar refractivity (Wildman–Crippen MR) is 87.8 cm³/mol. The highest BCUT2D eigenvalue weighted by Gasteiger charge is 2.23. The Morgan fingerprint density at radius 1 is 1.05 bits per heavy atom. The average Bonchev–Trinajstić information content (AvgIpc) is 2.48. The van der Waals surface area contributed by atoms with Crippen molar-refractivity contribution < 1.29 is 9.00 Å². The molecule has 110 valence electrons. The summed E-state index contributed by atoms with van der Waals surface area (Å²) in [6.07, 6.45) is 0. The molecule has 0 heterocycles.